The summed E-state index contributed by atoms with van der Waals surface area (Å²) < 4.78 is 0. The molecule has 84 valence electrons. The maximum Gasteiger partial charge on any atom is 0.335 e. The first kappa shape index (κ1) is 13.1. The van der Waals surface area contributed by atoms with Crippen LogP contribution in [0.3, 0.4) is 0 Å². The molecule has 0 saturated heterocycles. The van der Waals surface area contributed by atoms with Crippen molar-refractivity contribution in [3.63, 3.8) is 0 Å². The van der Waals surface area contributed by atoms with Gasteiger partial charge in [-0.2, -0.15) is 0 Å². The van der Waals surface area contributed by atoms with Gasteiger partial charge < -0.3 is 20.6 Å². The zero-order valence-electron chi connectivity index (χ0n) is 7.93. The molecule has 0 bridgehead atoms. The Morgan fingerprint density at radius 3 is 1.93 bits per heavy atom. The second kappa shape index (κ2) is 5.11. The number of rotatable bonds is 5. The molecule has 15 heavy (non-hydrogen) atoms. The average Bonchev–Trinajstić information content (AvgIpc) is 2.11. The number of hydrogen-bond donors (Lipinski definition) is 4. The highest BCUT2D eigenvalue weighted by Gasteiger charge is 2.33. The van der Waals surface area contributed by atoms with Crippen LogP contribution in [-0.2, 0) is 14.4 Å². The summed E-state index contributed by atoms with van der Waals surface area (Å²) in [6.07, 6.45) is -2.20. The van der Waals surface area contributed by atoms with E-state index in [9.17, 15) is 14.4 Å². The SMILES string of the molecule is C=C(C)C(=O)NC(C(=O)O)C(O)C(=O)O. The third-order valence-electron chi connectivity index (χ3n) is 1.51. The molecule has 4 N–H and O–H groups in total. The molecule has 0 heterocycles. The first-order valence-corrected chi connectivity index (χ1v) is 3.87. The second-order valence-electron chi connectivity index (χ2n) is 2.85. The van der Waals surface area contributed by atoms with Gasteiger partial charge in [0.1, 0.15) is 0 Å². The van der Waals surface area contributed by atoms with Gasteiger partial charge in [0.05, 0.1) is 0 Å². The van der Waals surface area contributed by atoms with Gasteiger partial charge in [-0.3, -0.25) is 4.79 Å². The number of aliphatic hydroxyl groups is 1. The summed E-state index contributed by atoms with van der Waals surface area (Å²) in [5.41, 5.74) is 0.0128. The highest BCUT2D eigenvalue weighted by molar-refractivity contribution is 5.96. The van der Waals surface area contributed by atoms with Gasteiger partial charge in [0.25, 0.3) is 0 Å². The van der Waals surface area contributed by atoms with E-state index in [0.717, 1.165) is 0 Å². The minimum atomic E-state index is -2.20. The molecule has 0 aliphatic heterocycles. The lowest BCUT2D eigenvalue weighted by molar-refractivity contribution is -0.156. The quantitative estimate of drug-likeness (QED) is 0.419. The van der Waals surface area contributed by atoms with Crippen molar-refractivity contribution in [2.24, 2.45) is 0 Å². The van der Waals surface area contributed by atoms with Gasteiger partial charge in [0.15, 0.2) is 12.1 Å². The molecule has 2 atom stereocenters. The summed E-state index contributed by atoms with van der Waals surface area (Å²) in [5.74, 6) is -4.20. The highest BCUT2D eigenvalue weighted by Crippen LogP contribution is 1.97. The van der Waals surface area contributed by atoms with Crippen molar-refractivity contribution in [3.8, 4) is 0 Å². The molecular formula is C8H11NO6. The molecule has 0 aromatic carbocycles. The number of aliphatic carboxylic acids is 2. The number of carboxylic acids is 2. The van der Waals surface area contributed by atoms with E-state index >= 15 is 0 Å². The fourth-order valence-electron chi connectivity index (χ4n) is 0.683. The van der Waals surface area contributed by atoms with Crippen LogP contribution in [0.25, 0.3) is 0 Å². The summed E-state index contributed by atoms with van der Waals surface area (Å²) in [5, 5.41) is 27.7. The number of carbonyl (C=O) groups excluding carboxylic acids is 1. The number of hydrogen-bond acceptors (Lipinski definition) is 4. The van der Waals surface area contributed by atoms with Crippen molar-refractivity contribution in [2.75, 3.05) is 0 Å². The molecule has 0 saturated carbocycles. The average molecular weight is 217 g/mol. The predicted octanol–water partition coefficient (Wildman–Crippen LogP) is -1.42. The smallest absolute Gasteiger partial charge is 0.335 e. The molecule has 0 radical (unpaired) electrons. The van der Waals surface area contributed by atoms with Crippen LogP contribution in [0, 0.1) is 0 Å². The Balaban J connectivity index is 4.70. The molecule has 1 amide bonds. The maximum atomic E-state index is 11.0. The van der Waals surface area contributed by atoms with E-state index in [-0.39, 0.29) is 5.57 Å². The molecule has 0 spiro atoms. The molecule has 0 aromatic heterocycles. The van der Waals surface area contributed by atoms with Gasteiger partial charge in [0.2, 0.25) is 5.91 Å². The van der Waals surface area contributed by atoms with Crippen LogP contribution in [0.1, 0.15) is 6.92 Å². The summed E-state index contributed by atoms with van der Waals surface area (Å²) in [6.45, 7) is 4.56. The van der Waals surface area contributed by atoms with Crippen LogP contribution in [-0.4, -0.2) is 45.3 Å². The zero-order chi connectivity index (χ0) is 12.2. The summed E-state index contributed by atoms with van der Waals surface area (Å²) in [4.78, 5) is 31.9. The Morgan fingerprint density at radius 2 is 1.67 bits per heavy atom. The number of carboxylic acid groups (broad SMARTS) is 2. The Bertz CT molecular complexity index is 310. The third-order valence-corrected chi connectivity index (χ3v) is 1.51. The highest BCUT2D eigenvalue weighted by atomic mass is 16.4. The van der Waals surface area contributed by atoms with Crippen LogP contribution < -0.4 is 5.32 Å². The van der Waals surface area contributed by atoms with Gasteiger partial charge >= 0.3 is 11.9 Å². The fraction of sp³-hybridized carbons (Fsp3) is 0.375. The second-order valence-corrected chi connectivity index (χ2v) is 2.85. The van der Waals surface area contributed by atoms with Gasteiger partial charge in [-0.25, -0.2) is 9.59 Å². The third kappa shape index (κ3) is 3.77. The van der Waals surface area contributed by atoms with Gasteiger partial charge in [-0.05, 0) is 6.92 Å². The molecule has 2 unspecified atom stereocenters. The van der Waals surface area contributed by atoms with E-state index < -0.39 is 30.0 Å². The molecule has 0 fully saturated rings. The van der Waals surface area contributed by atoms with E-state index in [0.29, 0.717) is 0 Å². The van der Waals surface area contributed by atoms with Crippen LogP contribution >= 0.6 is 0 Å². The lowest BCUT2D eigenvalue weighted by atomic mass is 10.1. The summed E-state index contributed by atoms with van der Waals surface area (Å²) in [6, 6.07) is -1.90. The molecule has 7 heteroatoms. The van der Waals surface area contributed by atoms with E-state index in [1.54, 1.807) is 0 Å². The fourth-order valence-corrected chi connectivity index (χ4v) is 0.683. The molecule has 0 rings (SSSR count). The van der Waals surface area contributed by atoms with Crippen LogP contribution in [0.2, 0.25) is 0 Å². The number of aliphatic hydroxyl groups excluding tert-OH is 1. The zero-order valence-corrected chi connectivity index (χ0v) is 7.93. The minimum absolute atomic E-state index is 0.0128. The normalized spacial score (nSPS) is 13.7. The topological polar surface area (TPSA) is 124 Å². The number of amides is 1. The van der Waals surface area contributed by atoms with Crippen molar-refractivity contribution >= 4 is 17.8 Å². The standard InChI is InChI=1S/C8H11NO6/c1-3(2)6(11)9-4(7(12)13)5(10)8(14)15/h4-5,10H,1H2,2H3,(H,9,11)(H,12,13)(H,14,15). The van der Waals surface area contributed by atoms with E-state index in [1.807, 2.05) is 5.32 Å². The van der Waals surface area contributed by atoms with Crippen molar-refractivity contribution < 1.29 is 29.7 Å². The van der Waals surface area contributed by atoms with Gasteiger partial charge in [-0.15, -0.1) is 0 Å². The van der Waals surface area contributed by atoms with E-state index in [1.165, 1.54) is 6.92 Å². The predicted molar refractivity (Wildman–Crippen MR) is 48.0 cm³/mol. The van der Waals surface area contributed by atoms with E-state index in [4.69, 9.17) is 15.3 Å². The lowest BCUT2D eigenvalue weighted by Crippen LogP contribution is -2.51. The summed E-state index contributed by atoms with van der Waals surface area (Å²) in [7, 11) is 0. The molecule has 0 aliphatic carbocycles. The van der Waals surface area contributed by atoms with Crippen molar-refractivity contribution in [1.29, 1.82) is 0 Å². The lowest BCUT2D eigenvalue weighted by Gasteiger charge is -2.16. The van der Waals surface area contributed by atoms with Gasteiger partial charge in [-0.1, -0.05) is 6.58 Å². The summed E-state index contributed by atoms with van der Waals surface area (Å²) >= 11 is 0. The number of nitrogens with one attached hydrogen (secondary N) is 1. The monoisotopic (exact) mass is 217 g/mol. The first-order chi connectivity index (χ1) is 6.77. The Morgan fingerprint density at radius 1 is 1.20 bits per heavy atom. The first-order valence-electron chi connectivity index (χ1n) is 3.87. The molecule has 0 aromatic rings. The van der Waals surface area contributed by atoms with Crippen LogP contribution in [0.5, 0.6) is 0 Å². The van der Waals surface area contributed by atoms with Gasteiger partial charge in [0, 0.05) is 5.57 Å². The Labute approximate surface area is 85.0 Å². The molecule has 0 aliphatic rings. The van der Waals surface area contributed by atoms with Crippen LogP contribution in [0.15, 0.2) is 12.2 Å². The van der Waals surface area contributed by atoms with Crippen molar-refractivity contribution in [2.45, 2.75) is 19.1 Å². The van der Waals surface area contributed by atoms with E-state index in [2.05, 4.69) is 6.58 Å². The van der Waals surface area contributed by atoms with Crippen molar-refractivity contribution in [1.82, 2.24) is 5.32 Å². The molecule has 7 nitrogen and oxygen atoms in total. The number of carbonyl (C=O) groups is 3. The Hall–Kier alpha value is -1.89. The largest absolute Gasteiger partial charge is 0.480 e. The van der Waals surface area contributed by atoms with Crippen LogP contribution in [0.4, 0.5) is 0 Å². The van der Waals surface area contributed by atoms with Crippen molar-refractivity contribution in [3.05, 3.63) is 12.2 Å². The molecular weight excluding hydrogens is 206 g/mol. The maximum absolute atomic E-state index is 11.0. The Kier molecular flexibility index (Phi) is 4.46. The minimum Gasteiger partial charge on any atom is -0.480 e.